The average Bonchev–Trinajstić information content (AvgIpc) is 3.00. The Morgan fingerprint density at radius 3 is 2.94 bits per heavy atom. The van der Waals surface area contributed by atoms with E-state index in [0.29, 0.717) is 23.1 Å². The van der Waals surface area contributed by atoms with E-state index < -0.39 is 0 Å². The summed E-state index contributed by atoms with van der Waals surface area (Å²) in [5.74, 6) is 0.374. The Bertz CT molecular complexity index is 374. The van der Waals surface area contributed by atoms with E-state index in [2.05, 4.69) is 10.3 Å². The molecule has 0 bridgehead atoms. The van der Waals surface area contributed by atoms with Gasteiger partial charge in [-0.1, -0.05) is 11.6 Å². The number of nitrogens with one attached hydrogen (secondary N) is 2. The summed E-state index contributed by atoms with van der Waals surface area (Å²) in [7, 11) is 0. The first-order valence-electron chi connectivity index (χ1n) is 5.46. The normalized spacial score (nSPS) is 17.1. The number of aliphatic hydroxyl groups is 1. The Morgan fingerprint density at radius 1 is 1.69 bits per heavy atom. The smallest absolute Gasteiger partial charge is 0.267 e. The zero-order valence-corrected chi connectivity index (χ0v) is 9.63. The lowest BCUT2D eigenvalue weighted by molar-refractivity contribution is 0.0920. The van der Waals surface area contributed by atoms with Crippen LogP contribution in [0.25, 0.3) is 0 Å². The molecule has 1 aliphatic rings. The number of carbonyl (C=O) groups is 1. The van der Waals surface area contributed by atoms with Gasteiger partial charge in [-0.15, -0.1) is 0 Å². The number of carbonyl (C=O) groups excluding carboxylic acids is 1. The van der Waals surface area contributed by atoms with Gasteiger partial charge >= 0.3 is 0 Å². The zero-order chi connectivity index (χ0) is 11.5. The Balaban J connectivity index is 1.94. The first-order valence-corrected chi connectivity index (χ1v) is 5.84. The van der Waals surface area contributed by atoms with Crippen molar-refractivity contribution in [2.24, 2.45) is 5.92 Å². The molecule has 0 saturated heterocycles. The highest BCUT2D eigenvalue weighted by molar-refractivity contribution is 6.30. The molecule has 16 heavy (non-hydrogen) atoms. The van der Waals surface area contributed by atoms with E-state index in [1.165, 1.54) is 0 Å². The summed E-state index contributed by atoms with van der Waals surface area (Å²) >= 11 is 5.73. The third-order valence-electron chi connectivity index (χ3n) is 2.84. The van der Waals surface area contributed by atoms with E-state index in [4.69, 9.17) is 16.7 Å². The molecule has 5 heteroatoms. The Hall–Kier alpha value is -1.00. The molecule has 1 amide bonds. The number of rotatable bonds is 5. The van der Waals surface area contributed by atoms with Gasteiger partial charge in [-0.3, -0.25) is 4.79 Å². The lowest BCUT2D eigenvalue weighted by Gasteiger charge is -2.16. The predicted molar refractivity (Wildman–Crippen MR) is 61.5 cm³/mol. The number of hydrogen-bond donors (Lipinski definition) is 3. The molecule has 0 aliphatic heterocycles. The van der Waals surface area contributed by atoms with Crippen LogP contribution in [0.5, 0.6) is 0 Å². The van der Waals surface area contributed by atoms with Gasteiger partial charge in [-0.05, 0) is 31.2 Å². The number of H-pyrrole nitrogens is 1. The molecular weight excluding hydrogens is 228 g/mol. The molecule has 1 aromatic rings. The molecule has 0 spiro atoms. The van der Waals surface area contributed by atoms with Crippen LogP contribution in [0.4, 0.5) is 0 Å². The third kappa shape index (κ3) is 2.77. The quantitative estimate of drug-likeness (QED) is 0.734. The minimum atomic E-state index is -0.155. The molecule has 88 valence electrons. The van der Waals surface area contributed by atoms with Crippen LogP contribution in [-0.4, -0.2) is 28.6 Å². The van der Waals surface area contributed by atoms with Crippen molar-refractivity contribution in [3.8, 4) is 0 Å². The van der Waals surface area contributed by atoms with Crippen LogP contribution in [0.15, 0.2) is 12.3 Å². The van der Waals surface area contributed by atoms with E-state index in [1.54, 1.807) is 12.3 Å². The Kier molecular flexibility index (Phi) is 3.51. The molecule has 0 radical (unpaired) electrons. The number of hydrogen-bond acceptors (Lipinski definition) is 2. The minimum absolute atomic E-state index is 0.0829. The lowest BCUT2D eigenvalue weighted by atomic mass is 10.1. The molecule has 3 N–H and O–H groups in total. The summed E-state index contributed by atoms with van der Waals surface area (Å²) < 4.78 is 0. The standard InChI is InChI=1S/C11H15ClN2O2/c12-8-5-10(13-6-8)11(16)14-9(3-4-15)7-1-2-7/h5-7,9,13,15H,1-4H2,(H,14,16). The van der Waals surface area contributed by atoms with Crippen molar-refractivity contribution in [3.05, 3.63) is 23.0 Å². The minimum Gasteiger partial charge on any atom is -0.396 e. The molecule has 1 fully saturated rings. The SMILES string of the molecule is O=C(NC(CCO)C1CC1)c1cc(Cl)c[nH]1. The van der Waals surface area contributed by atoms with Gasteiger partial charge in [0, 0.05) is 18.8 Å². The molecule has 1 unspecified atom stereocenters. The van der Waals surface area contributed by atoms with Gasteiger partial charge in [0.2, 0.25) is 0 Å². The van der Waals surface area contributed by atoms with Gasteiger partial charge in [0.1, 0.15) is 5.69 Å². The molecule has 1 heterocycles. The van der Waals surface area contributed by atoms with E-state index in [-0.39, 0.29) is 18.6 Å². The highest BCUT2D eigenvalue weighted by Gasteiger charge is 2.32. The first kappa shape index (κ1) is 11.5. The molecule has 0 aromatic carbocycles. The number of aliphatic hydroxyl groups excluding tert-OH is 1. The number of amides is 1. The summed E-state index contributed by atoms with van der Waals surface area (Å²) in [6.45, 7) is 0.104. The second-order valence-corrected chi connectivity index (χ2v) is 4.60. The van der Waals surface area contributed by atoms with E-state index >= 15 is 0 Å². The van der Waals surface area contributed by atoms with E-state index in [0.717, 1.165) is 12.8 Å². The van der Waals surface area contributed by atoms with Crippen LogP contribution in [0, 0.1) is 5.92 Å². The van der Waals surface area contributed by atoms with Crippen LogP contribution >= 0.6 is 11.6 Å². The van der Waals surface area contributed by atoms with Gasteiger partial charge in [0.15, 0.2) is 0 Å². The molecule has 1 aliphatic carbocycles. The van der Waals surface area contributed by atoms with Crippen molar-refractivity contribution in [2.75, 3.05) is 6.61 Å². The van der Waals surface area contributed by atoms with Gasteiger partial charge in [0.05, 0.1) is 5.02 Å². The summed E-state index contributed by atoms with van der Waals surface area (Å²) in [4.78, 5) is 14.6. The van der Waals surface area contributed by atoms with Gasteiger partial charge in [-0.25, -0.2) is 0 Å². The van der Waals surface area contributed by atoms with Crippen LogP contribution < -0.4 is 5.32 Å². The van der Waals surface area contributed by atoms with Gasteiger partial charge in [0.25, 0.3) is 5.91 Å². The second-order valence-electron chi connectivity index (χ2n) is 4.16. The summed E-state index contributed by atoms with van der Waals surface area (Å²) in [5, 5.41) is 12.4. The van der Waals surface area contributed by atoms with Crippen molar-refractivity contribution < 1.29 is 9.90 Å². The monoisotopic (exact) mass is 242 g/mol. The maximum Gasteiger partial charge on any atom is 0.267 e. The predicted octanol–water partition coefficient (Wildman–Crippen LogP) is 1.56. The maximum atomic E-state index is 11.8. The second kappa shape index (κ2) is 4.89. The maximum absolute atomic E-state index is 11.8. The number of aromatic nitrogens is 1. The molecule has 1 atom stereocenters. The largest absolute Gasteiger partial charge is 0.396 e. The fourth-order valence-corrected chi connectivity index (χ4v) is 1.97. The fraction of sp³-hybridized carbons (Fsp3) is 0.545. The zero-order valence-electron chi connectivity index (χ0n) is 8.87. The highest BCUT2D eigenvalue weighted by Crippen LogP contribution is 2.34. The Morgan fingerprint density at radius 2 is 2.44 bits per heavy atom. The molecule has 1 aromatic heterocycles. The van der Waals surface area contributed by atoms with Gasteiger partial charge in [-0.2, -0.15) is 0 Å². The highest BCUT2D eigenvalue weighted by atomic mass is 35.5. The number of aromatic amines is 1. The summed E-state index contributed by atoms with van der Waals surface area (Å²) in [6, 6.07) is 1.68. The molecule has 1 saturated carbocycles. The summed E-state index contributed by atoms with van der Waals surface area (Å²) in [5.41, 5.74) is 0.466. The van der Waals surface area contributed by atoms with Crippen LogP contribution in [0.2, 0.25) is 5.02 Å². The lowest BCUT2D eigenvalue weighted by Crippen LogP contribution is -2.37. The topological polar surface area (TPSA) is 65.1 Å². The molecular formula is C11H15ClN2O2. The fourth-order valence-electron chi connectivity index (χ4n) is 1.81. The van der Waals surface area contributed by atoms with Crippen LogP contribution in [-0.2, 0) is 0 Å². The molecule has 2 rings (SSSR count). The Labute approximate surface area is 99.0 Å². The molecule has 4 nitrogen and oxygen atoms in total. The summed E-state index contributed by atoms with van der Waals surface area (Å²) in [6.07, 6.45) is 4.46. The van der Waals surface area contributed by atoms with Crippen LogP contribution in [0.1, 0.15) is 29.8 Å². The van der Waals surface area contributed by atoms with Crippen molar-refractivity contribution in [1.29, 1.82) is 0 Å². The van der Waals surface area contributed by atoms with Crippen molar-refractivity contribution >= 4 is 17.5 Å². The third-order valence-corrected chi connectivity index (χ3v) is 3.06. The average molecular weight is 243 g/mol. The van der Waals surface area contributed by atoms with Gasteiger partial charge < -0.3 is 15.4 Å². The van der Waals surface area contributed by atoms with Crippen molar-refractivity contribution in [3.63, 3.8) is 0 Å². The van der Waals surface area contributed by atoms with E-state index in [1.807, 2.05) is 0 Å². The van der Waals surface area contributed by atoms with Crippen molar-refractivity contribution in [2.45, 2.75) is 25.3 Å². The van der Waals surface area contributed by atoms with Crippen LogP contribution in [0.3, 0.4) is 0 Å². The van der Waals surface area contributed by atoms with Crippen molar-refractivity contribution in [1.82, 2.24) is 10.3 Å². The number of halogens is 1. The van der Waals surface area contributed by atoms with E-state index in [9.17, 15) is 4.79 Å². The first-order chi connectivity index (χ1) is 7.70.